The summed E-state index contributed by atoms with van der Waals surface area (Å²) in [4.78, 5) is 12.1. The van der Waals surface area contributed by atoms with Gasteiger partial charge >= 0.3 is 0 Å². The molecule has 3 heteroatoms. The van der Waals surface area contributed by atoms with E-state index in [-0.39, 0.29) is 5.91 Å². The molecule has 18 heavy (non-hydrogen) atoms. The minimum atomic E-state index is 0.0450. The number of nitrogens with one attached hydrogen (secondary N) is 2. The third kappa shape index (κ3) is 2.66. The van der Waals surface area contributed by atoms with Crippen molar-refractivity contribution in [1.82, 2.24) is 5.32 Å². The van der Waals surface area contributed by atoms with E-state index in [1.54, 1.807) is 0 Å². The van der Waals surface area contributed by atoms with Crippen LogP contribution < -0.4 is 10.6 Å². The quantitative estimate of drug-likeness (QED) is 0.861. The van der Waals surface area contributed by atoms with Crippen LogP contribution >= 0.6 is 0 Å². The van der Waals surface area contributed by atoms with Gasteiger partial charge in [0.15, 0.2) is 0 Å². The summed E-state index contributed by atoms with van der Waals surface area (Å²) in [6.45, 7) is 4.49. The summed E-state index contributed by atoms with van der Waals surface area (Å²) in [5, 5.41) is 6.20. The fourth-order valence-corrected chi connectivity index (χ4v) is 2.61. The van der Waals surface area contributed by atoms with Crippen molar-refractivity contribution in [1.29, 1.82) is 0 Å². The molecule has 0 spiro atoms. The molecular weight excluding hydrogens is 224 g/mol. The van der Waals surface area contributed by atoms with Gasteiger partial charge in [-0.25, -0.2) is 0 Å². The molecule has 3 atom stereocenters. The lowest BCUT2D eigenvalue weighted by molar-refractivity contribution is 0.0927. The highest BCUT2D eigenvalue weighted by atomic mass is 16.1. The molecule has 1 aliphatic rings. The highest BCUT2D eigenvalue weighted by Gasteiger charge is 2.30. The van der Waals surface area contributed by atoms with Crippen molar-refractivity contribution in [3.63, 3.8) is 0 Å². The maximum atomic E-state index is 12.1. The molecule has 0 bridgehead atoms. The second kappa shape index (κ2) is 5.42. The molecule has 1 aromatic carbocycles. The first-order valence-corrected chi connectivity index (χ1v) is 6.70. The lowest BCUT2D eigenvalue weighted by Gasteiger charge is -2.19. The van der Waals surface area contributed by atoms with E-state index in [9.17, 15) is 4.79 Å². The Balaban J connectivity index is 1.99. The first-order valence-electron chi connectivity index (χ1n) is 6.70. The van der Waals surface area contributed by atoms with Crippen LogP contribution in [0.15, 0.2) is 24.3 Å². The number of carbonyl (C=O) groups is 1. The van der Waals surface area contributed by atoms with E-state index in [2.05, 4.69) is 24.5 Å². The molecule has 1 saturated carbocycles. The lowest BCUT2D eigenvalue weighted by Crippen LogP contribution is -2.37. The van der Waals surface area contributed by atoms with Gasteiger partial charge in [-0.15, -0.1) is 0 Å². The maximum absolute atomic E-state index is 12.1. The number of anilines is 1. The van der Waals surface area contributed by atoms with Crippen LogP contribution in [0.5, 0.6) is 0 Å². The Bertz CT molecular complexity index is 413. The van der Waals surface area contributed by atoms with Crippen LogP contribution in [0.3, 0.4) is 0 Å². The summed E-state index contributed by atoms with van der Waals surface area (Å²) in [7, 11) is 1.87. The van der Waals surface area contributed by atoms with Gasteiger partial charge in [0.1, 0.15) is 0 Å². The van der Waals surface area contributed by atoms with Crippen LogP contribution in [0.2, 0.25) is 0 Å². The minimum absolute atomic E-state index is 0.0450. The molecule has 3 unspecified atom stereocenters. The van der Waals surface area contributed by atoms with Crippen molar-refractivity contribution in [3.05, 3.63) is 29.8 Å². The molecule has 0 aromatic heterocycles. The van der Waals surface area contributed by atoms with E-state index < -0.39 is 0 Å². The molecule has 1 fully saturated rings. The second-order valence-electron chi connectivity index (χ2n) is 5.32. The summed E-state index contributed by atoms with van der Waals surface area (Å²) >= 11 is 0. The van der Waals surface area contributed by atoms with E-state index in [1.165, 1.54) is 6.42 Å². The summed E-state index contributed by atoms with van der Waals surface area (Å²) < 4.78 is 0. The van der Waals surface area contributed by atoms with Gasteiger partial charge in [0, 0.05) is 24.3 Å². The zero-order valence-corrected chi connectivity index (χ0v) is 11.4. The van der Waals surface area contributed by atoms with Crippen LogP contribution in [0.1, 0.15) is 37.0 Å². The molecule has 0 aliphatic heterocycles. The number of carbonyl (C=O) groups excluding carboxylic acids is 1. The average molecular weight is 246 g/mol. The summed E-state index contributed by atoms with van der Waals surface area (Å²) in [6, 6.07) is 7.91. The van der Waals surface area contributed by atoms with Crippen LogP contribution in [0, 0.1) is 11.8 Å². The maximum Gasteiger partial charge on any atom is 0.251 e. The molecule has 2 N–H and O–H groups in total. The van der Waals surface area contributed by atoms with Crippen molar-refractivity contribution in [3.8, 4) is 0 Å². The zero-order valence-electron chi connectivity index (χ0n) is 11.4. The highest BCUT2D eigenvalue weighted by Crippen LogP contribution is 2.31. The molecular formula is C15H22N2O. The normalized spacial score (nSPS) is 26.9. The molecule has 0 heterocycles. The van der Waals surface area contributed by atoms with Gasteiger partial charge < -0.3 is 10.6 Å². The van der Waals surface area contributed by atoms with Crippen LogP contribution in [0.25, 0.3) is 0 Å². The third-order valence-corrected chi connectivity index (χ3v) is 4.22. The van der Waals surface area contributed by atoms with E-state index in [0.717, 1.165) is 17.7 Å². The lowest BCUT2D eigenvalue weighted by atomic mass is 9.97. The zero-order chi connectivity index (χ0) is 13.1. The number of amides is 1. The fourth-order valence-electron chi connectivity index (χ4n) is 2.61. The molecule has 0 radical (unpaired) electrons. The van der Waals surface area contributed by atoms with Crippen molar-refractivity contribution in [2.75, 3.05) is 12.4 Å². The van der Waals surface area contributed by atoms with Crippen LogP contribution in [0.4, 0.5) is 5.69 Å². The Hall–Kier alpha value is -1.51. The van der Waals surface area contributed by atoms with Crippen LogP contribution in [-0.2, 0) is 0 Å². The van der Waals surface area contributed by atoms with Gasteiger partial charge in [-0.1, -0.05) is 13.8 Å². The predicted octanol–water partition coefficient (Wildman–Crippen LogP) is 2.89. The predicted molar refractivity (Wildman–Crippen MR) is 74.8 cm³/mol. The van der Waals surface area contributed by atoms with Crippen molar-refractivity contribution < 1.29 is 4.79 Å². The monoisotopic (exact) mass is 246 g/mol. The summed E-state index contributed by atoms with van der Waals surface area (Å²) in [6.07, 6.45) is 2.31. The van der Waals surface area contributed by atoms with Crippen molar-refractivity contribution >= 4 is 11.6 Å². The molecule has 2 rings (SSSR count). The summed E-state index contributed by atoms with van der Waals surface area (Å²) in [5.41, 5.74) is 1.76. The smallest absolute Gasteiger partial charge is 0.251 e. The van der Waals surface area contributed by atoms with Gasteiger partial charge in [0.2, 0.25) is 0 Å². The number of benzene rings is 1. The topological polar surface area (TPSA) is 41.1 Å². The molecule has 1 aromatic rings. The second-order valence-corrected chi connectivity index (χ2v) is 5.32. The SMILES string of the molecule is CNc1ccc(C(=O)NC2CCC(C)C2C)cc1. The van der Waals surface area contributed by atoms with Gasteiger partial charge in [-0.2, -0.15) is 0 Å². The van der Waals surface area contributed by atoms with E-state index >= 15 is 0 Å². The standard InChI is InChI=1S/C15H22N2O/c1-10-4-9-14(11(10)2)17-15(18)12-5-7-13(16-3)8-6-12/h5-8,10-11,14,16H,4,9H2,1-3H3,(H,17,18). The van der Waals surface area contributed by atoms with E-state index in [4.69, 9.17) is 0 Å². The Morgan fingerprint density at radius 3 is 2.33 bits per heavy atom. The summed E-state index contributed by atoms with van der Waals surface area (Å²) in [5.74, 6) is 1.33. The Kier molecular flexibility index (Phi) is 3.90. The van der Waals surface area contributed by atoms with Crippen LogP contribution in [-0.4, -0.2) is 19.0 Å². The fraction of sp³-hybridized carbons (Fsp3) is 0.533. The Morgan fingerprint density at radius 1 is 1.17 bits per heavy atom. The number of hydrogen-bond donors (Lipinski definition) is 2. The molecule has 0 saturated heterocycles. The van der Waals surface area contributed by atoms with Gasteiger partial charge in [-0.05, 0) is 48.9 Å². The molecule has 1 aliphatic carbocycles. The van der Waals surface area contributed by atoms with Gasteiger partial charge in [-0.3, -0.25) is 4.79 Å². The van der Waals surface area contributed by atoms with Gasteiger partial charge in [0.25, 0.3) is 5.91 Å². The van der Waals surface area contributed by atoms with E-state index in [0.29, 0.717) is 17.9 Å². The molecule has 98 valence electrons. The Labute approximate surface area is 109 Å². The minimum Gasteiger partial charge on any atom is -0.388 e. The molecule has 3 nitrogen and oxygen atoms in total. The molecule has 1 amide bonds. The first kappa shape index (κ1) is 12.9. The van der Waals surface area contributed by atoms with Gasteiger partial charge in [0.05, 0.1) is 0 Å². The number of rotatable bonds is 3. The average Bonchev–Trinajstić information content (AvgIpc) is 2.71. The number of hydrogen-bond acceptors (Lipinski definition) is 2. The highest BCUT2D eigenvalue weighted by molar-refractivity contribution is 5.94. The van der Waals surface area contributed by atoms with Crippen molar-refractivity contribution in [2.45, 2.75) is 32.7 Å². The Morgan fingerprint density at radius 2 is 1.83 bits per heavy atom. The third-order valence-electron chi connectivity index (χ3n) is 4.22. The van der Waals surface area contributed by atoms with Crippen molar-refractivity contribution in [2.24, 2.45) is 11.8 Å². The largest absolute Gasteiger partial charge is 0.388 e. The first-order chi connectivity index (χ1) is 8.61. The van der Waals surface area contributed by atoms with E-state index in [1.807, 2.05) is 31.3 Å².